The Hall–Kier alpha value is -3.19. The second kappa shape index (κ2) is 19.1. The van der Waals surface area contributed by atoms with Gasteiger partial charge in [0.15, 0.2) is 9.84 Å². The monoisotopic (exact) mass is 590 g/mol. The van der Waals surface area contributed by atoms with Gasteiger partial charge in [-0.25, -0.2) is 8.42 Å². The standard InChI is InChI=1S/C36H46O5S/c1-3-5-7-8-30-42(37,38)36-23-19-34(20-24-36)16-14-32-11-9-31(10-12-32)13-15-33-17-21-35(22-18-33)41-29-28-40-27-26-39-25-6-4-2/h9-24H,3-8,25-30H2,1-2H3/b15-13+,16-14+. The van der Waals surface area contributed by atoms with E-state index in [0.717, 1.165) is 73.1 Å². The van der Waals surface area contributed by atoms with Crippen molar-refractivity contribution >= 4 is 34.1 Å². The van der Waals surface area contributed by atoms with Crippen LogP contribution in [0.2, 0.25) is 0 Å². The summed E-state index contributed by atoms with van der Waals surface area (Å²) in [6.07, 6.45) is 14.3. The number of hydrogen-bond donors (Lipinski definition) is 0. The van der Waals surface area contributed by atoms with E-state index in [-0.39, 0.29) is 5.75 Å². The molecule has 0 bridgehead atoms. The Morgan fingerprint density at radius 2 is 0.976 bits per heavy atom. The minimum Gasteiger partial charge on any atom is -0.491 e. The van der Waals surface area contributed by atoms with Crippen LogP contribution in [0.5, 0.6) is 5.75 Å². The molecule has 0 unspecified atom stereocenters. The molecule has 5 nitrogen and oxygen atoms in total. The fraction of sp³-hybridized carbons (Fsp3) is 0.389. The Bertz CT molecular complexity index is 1310. The van der Waals surface area contributed by atoms with E-state index in [9.17, 15) is 8.42 Å². The Morgan fingerprint density at radius 1 is 0.524 bits per heavy atom. The summed E-state index contributed by atoms with van der Waals surface area (Å²) in [6, 6.07) is 23.5. The van der Waals surface area contributed by atoms with Crippen LogP contribution in [0.1, 0.15) is 74.6 Å². The van der Waals surface area contributed by atoms with Crippen LogP contribution in [0.3, 0.4) is 0 Å². The van der Waals surface area contributed by atoms with Gasteiger partial charge in [-0.1, -0.05) is 112 Å². The first kappa shape index (κ1) is 33.3. The average molecular weight is 591 g/mol. The van der Waals surface area contributed by atoms with E-state index in [0.29, 0.717) is 31.3 Å². The van der Waals surface area contributed by atoms with Gasteiger partial charge < -0.3 is 14.2 Å². The highest BCUT2D eigenvalue weighted by Gasteiger charge is 2.13. The van der Waals surface area contributed by atoms with Crippen molar-refractivity contribution in [3.63, 3.8) is 0 Å². The number of sulfone groups is 1. The Balaban J connectivity index is 1.40. The molecule has 0 amide bonds. The second-order valence-electron chi connectivity index (χ2n) is 10.3. The summed E-state index contributed by atoms with van der Waals surface area (Å²) in [7, 11) is -3.21. The van der Waals surface area contributed by atoms with Crippen molar-refractivity contribution in [2.45, 2.75) is 57.3 Å². The summed E-state index contributed by atoms with van der Waals surface area (Å²) >= 11 is 0. The molecule has 0 saturated heterocycles. The Labute approximate surface area is 253 Å². The van der Waals surface area contributed by atoms with Gasteiger partial charge in [-0.3, -0.25) is 0 Å². The molecule has 0 atom stereocenters. The fourth-order valence-corrected chi connectivity index (χ4v) is 5.56. The third kappa shape index (κ3) is 12.8. The smallest absolute Gasteiger partial charge is 0.178 e. The molecule has 3 rings (SSSR count). The Kier molecular flexibility index (Phi) is 15.1. The first-order valence-electron chi connectivity index (χ1n) is 15.2. The SMILES string of the molecule is CCCCCCS(=O)(=O)c1ccc(/C=C/c2ccc(/C=C/c3ccc(OCCOCCOCCCC)cc3)cc2)cc1. The summed E-state index contributed by atoms with van der Waals surface area (Å²) in [5.74, 6) is 1.04. The zero-order chi connectivity index (χ0) is 29.9. The van der Waals surface area contributed by atoms with Crippen molar-refractivity contribution < 1.29 is 22.6 Å². The normalized spacial score (nSPS) is 12.0. The van der Waals surface area contributed by atoms with Gasteiger partial charge >= 0.3 is 0 Å². The lowest BCUT2D eigenvalue weighted by molar-refractivity contribution is 0.0356. The first-order chi connectivity index (χ1) is 20.5. The second-order valence-corrected chi connectivity index (χ2v) is 12.4. The predicted molar refractivity (Wildman–Crippen MR) is 175 cm³/mol. The van der Waals surface area contributed by atoms with E-state index in [2.05, 4.69) is 50.3 Å². The van der Waals surface area contributed by atoms with Crippen LogP contribution >= 0.6 is 0 Å². The maximum Gasteiger partial charge on any atom is 0.178 e. The van der Waals surface area contributed by atoms with Crippen LogP contribution < -0.4 is 4.74 Å². The van der Waals surface area contributed by atoms with Crippen LogP contribution in [0.25, 0.3) is 24.3 Å². The number of benzene rings is 3. The van der Waals surface area contributed by atoms with E-state index in [4.69, 9.17) is 14.2 Å². The molecule has 0 N–H and O–H groups in total. The third-order valence-electron chi connectivity index (χ3n) is 6.77. The lowest BCUT2D eigenvalue weighted by Crippen LogP contribution is -2.11. The molecule has 0 spiro atoms. The zero-order valence-corrected chi connectivity index (χ0v) is 26.0. The van der Waals surface area contributed by atoms with Crippen molar-refractivity contribution in [1.29, 1.82) is 0 Å². The zero-order valence-electron chi connectivity index (χ0n) is 25.2. The number of ether oxygens (including phenoxy) is 3. The van der Waals surface area contributed by atoms with Crippen molar-refractivity contribution in [2.75, 3.05) is 38.8 Å². The molecule has 42 heavy (non-hydrogen) atoms. The van der Waals surface area contributed by atoms with E-state index in [1.807, 2.05) is 48.6 Å². The van der Waals surface area contributed by atoms with Gasteiger partial charge in [0, 0.05) is 6.61 Å². The van der Waals surface area contributed by atoms with E-state index in [1.54, 1.807) is 12.1 Å². The highest BCUT2D eigenvalue weighted by Crippen LogP contribution is 2.18. The molecule has 0 aromatic heterocycles. The number of hydrogen-bond acceptors (Lipinski definition) is 5. The summed E-state index contributed by atoms with van der Waals surface area (Å²) < 4.78 is 41.8. The van der Waals surface area contributed by atoms with Gasteiger partial charge in [-0.15, -0.1) is 0 Å². The van der Waals surface area contributed by atoms with Crippen LogP contribution in [0, 0.1) is 0 Å². The van der Waals surface area contributed by atoms with Gasteiger partial charge in [0.2, 0.25) is 0 Å². The van der Waals surface area contributed by atoms with Crippen molar-refractivity contribution in [3.05, 3.63) is 95.1 Å². The molecule has 0 aliphatic heterocycles. The largest absolute Gasteiger partial charge is 0.491 e. The van der Waals surface area contributed by atoms with Gasteiger partial charge in [0.05, 0.1) is 30.5 Å². The minimum atomic E-state index is -3.21. The lowest BCUT2D eigenvalue weighted by atomic mass is 10.1. The van der Waals surface area contributed by atoms with Gasteiger partial charge in [-0.05, 0) is 59.4 Å². The molecule has 0 heterocycles. The molecule has 3 aromatic rings. The summed E-state index contributed by atoms with van der Waals surface area (Å²) in [6.45, 7) is 7.35. The number of unbranched alkanes of at least 4 members (excludes halogenated alkanes) is 4. The fourth-order valence-electron chi connectivity index (χ4n) is 4.19. The Morgan fingerprint density at radius 3 is 1.50 bits per heavy atom. The molecule has 6 heteroatoms. The van der Waals surface area contributed by atoms with Crippen LogP contribution in [-0.4, -0.2) is 47.2 Å². The maximum atomic E-state index is 12.5. The lowest BCUT2D eigenvalue weighted by Gasteiger charge is -2.08. The predicted octanol–water partition coefficient (Wildman–Crippen LogP) is 8.59. The van der Waals surface area contributed by atoms with Gasteiger partial charge in [0.25, 0.3) is 0 Å². The minimum absolute atomic E-state index is 0.217. The van der Waals surface area contributed by atoms with E-state index >= 15 is 0 Å². The van der Waals surface area contributed by atoms with Crippen molar-refractivity contribution in [3.8, 4) is 5.75 Å². The quantitative estimate of drug-likeness (QED) is 0.0974. The van der Waals surface area contributed by atoms with E-state index in [1.165, 1.54) is 0 Å². The number of rotatable bonds is 20. The summed E-state index contributed by atoms with van der Waals surface area (Å²) in [5, 5.41) is 0. The molecular weight excluding hydrogens is 544 g/mol. The van der Waals surface area contributed by atoms with Crippen LogP contribution in [0.4, 0.5) is 0 Å². The van der Waals surface area contributed by atoms with Crippen LogP contribution in [-0.2, 0) is 19.3 Å². The topological polar surface area (TPSA) is 61.8 Å². The molecular formula is C36H46O5S. The molecule has 0 aliphatic carbocycles. The molecule has 3 aromatic carbocycles. The molecule has 226 valence electrons. The average Bonchev–Trinajstić information content (AvgIpc) is 3.01. The van der Waals surface area contributed by atoms with E-state index < -0.39 is 9.84 Å². The third-order valence-corrected chi connectivity index (χ3v) is 8.59. The van der Waals surface area contributed by atoms with Gasteiger partial charge in [-0.2, -0.15) is 0 Å². The maximum absolute atomic E-state index is 12.5. The van der Waals surface area contributed by atoms with Crippen LogP contribution in [0.15, 0.2) is 77.7 Å². The highest BCUT2D eigenvalue weighted by atomic mass is 32.2. The molecule has 0 fully saturated rings. The summed E-state index contributed by atoms with van der Waals surface area (Å²) in [5.41, 5.74) is 4.25. The molecule has 0 saturated carbocycles. The highest BCUT2D eigenvalue weighted by molar-refractivity contribution is 7.91. The van der Waals surface area contributed by atoms with Crippen molar-refractivity contribution in [2.24, 2.45) is 0 Å². The molecule has 0 aliphatic rings. The first-order valence-corrected chi connectivity index (χ1v) is 16.8. The van der Waals surface area contributed by atoms with Crippen molar-refractivity contribution in [1.82, 2.24) is 0 Å². The van der Waals surface area contributed by atoms with Gasteiger partial charge in [0.1, 0.15) is 12.4 Å². The molecule has 0 radical (unpaired) electrons. The summed E-state index contributed by atoms with van der Waals surface area (Å²) in [4.78, 5) is 0.402.